The molecule has 76 valence electrons. The molecule has 2 aliphatic rings. The smallest absolute Gasteiger partial charge is 0.0464 e. The maximum absolute atomic E-state index is 4.16. The van der Waals surface area contributed by atoms with Gasteiger partial charge in [0.05, 0.1) is 0 Å². The molecule has 0 radical (unpaired) electrons. The van der Waals surface area contributed by atoms with Crippen LogP contribution in [0.3, 0.4) is 0 Å². The topological polar surface area (TPSA) is 12.0 Å². The van der Waals surface area contributed by atoms with E-state index in [2.05, 4.69) is 50.0 Å². The minimum absolute atomic E-state index is 0.118. The maximum Gasteiger partial charge on any atom is 0.0464 e. The second-order valence-corrected chi connectivity index (χ2v) is 4.88. The van der Waals surface area contributed by atoms with Crippen molar-refractivity contribution in [3.8, 4) is 0 Å². The number of rotatable bonds is 0. The molecule has 3 rings (SSSR count). The Morgan fingerprint density at radius 1 is 1.27 bits per heavy atom. The Morgan fingerprint density at radius 3 is 2.80 bits per heavy atom. The van der Waals surface area contributed by atoms with Crippen LogP contribution in [0.2, 0.25) is 0 Å². The largest absolute Gasteiger partial charge is 0.380 e. The standard InChI is InChI=1S/C14H15N/c1-9-8-15-13-10-6-4-5-7-11(10)14(2,3)12(9)13/h4-7,15H,1,8H2,2-3H3. The van der Waals surface area contributed by atoms with E-state index in [1.165, 1.54) is 28.0 Å². The van der Waals surface area contributed by atoms with Crippen LogP contribution in [-0.4, -0.2) is 6.54 Å². The Bertz CT molecular complexity index is 492. The molecule has 0 atom stereocenters. The SMILES string of the molecule is C=C1CNC2=C1C(C)(C)c1ccccc12. The normalized spacial score (nSPS) is 21.3. The summed E-state index contributed by atoms with van der Waals surface area (Å²) >= 11 is 0. The highest BCUT2D eigenvalue weighted by Gasteiger charge is 2.41. The summed E-state index contributed by atoms with van der Waals surface area (Å²) in [6, 6.07) is 8.65. The molecule has 0 spiro atoms. The molecule has 0 bridgehead atoms. The summed E-state index contributed by atoms with van der Waals surface area (Å²) in [4.78, 5) is 0. The number of benzene rings is 1. The van der Waals surface area contributed by atoms with E-state index in [0.717, 1.165) is 6.54 Å². The Morgan fingerprint density at radius 2 is 2.00 bits per heavy atom. The molecular formula is C14H15N. The molecule has 1 heteroatoms. The zero-order valence-corrected chi connectivity index (χ0v) is 9.22. The second kappa shape index (κ2) is 2.54. The Labute approximate surface area is 90.5 Å². The van der Waals surface area contributed by atoms with E-state index < -0.39 is 0 Å². The van der Waals surface area contributed by atoms with Gasteiger partial charge in [0.25, 0.3) is 0 Å². The van der Waals surface area contributed by atoms with E-state index in [1.807, 2.05) is 0 Å². The maximum atomic E-state index is 4.16. The first-order valence-electron chi connectivity index (χ1n) is 5.39. The van der Waals surface area contributed by atoms with Gasteiger partial charge in [0.15, 0.2) is 0 Å². The highest BCUT2D eigenvalue weighted by atomic mass is 14.9. The van der Waals surface area contributed by atoms with Gasteiger partial charge in [-0.15, -0.1) is 0 Å². The van der Waals surface area contributed by atoms with Gasteiger partial charge in [0.1, 0.15) is 0 Å². The number of hydrogen-bond donors (Lipinski definition) is 1. The van der Waals surface area contributed by atoms with Crippen LogP contribution in [-0.2, 0) is 5.41 Å². The summed E-state index contributed by atoms with van der Waals surface area (Å²) in [5.41, 5.74) is 6.85. The highest BCUT2D eigenvalue weighted by Crippen LogP contribution is 2.49. The van der Waals surface area contributed by atoms with Gasteiger partial charge in [-0.05, 0) is 16.7 Å². The predicted octanol–water partition coefficient (Wildman–Crippen LogP) is 2.85. The summed E-state index contributed by atoms with van der Waals surface area (Å²) in [5, 5.41) is 3.46. The van der Waals surface area contributed by atoms with Crippen LogP contribution in [0.5, 0.6) is 0 Å². The van der Waals surface area contributed by atoms with Gasteiger partial charge in [-0.3, -0.25) is 0 Å². The lowest BCUT2D eigenvalue weighted by Crippen LogP contribution is -2.19. The lowest BCUT2D eigenvalue weighted by Gasteiger charge is -2.24. The van der Waals surface area contributed by atoms with Crippen molar-refractivity contribution in [2.45, 2.75) is 19.3 Å². The third kappa shape index (κ3) is 0.930. The quantitative estimate of drug-likeness (QED) is 0.674. The Hall–Kier alpha value is -1.50. The molecule has 0 unspecified atom stereocenters. The molecule has 1 heterocycles. The van der Waals surface area contributed by atoms with E-state index in [4.69, 9.17) is 0 Å². The molecule has 1 aliphatic heterocycles. The molecule has 0 saturated heterocycles. The van der Waals surface area contributed by atoms with Crippen LogP contribution in [0, 0.1) is 0 Å². The lowest BCUT2D eigenvalue weighted by molar-refractivity contribution is 0.647. The predicted molar refractivity (Wildman–Crippen MR) is 63.5 cm³/mol. The van der Waals surface area contributed by atoms with Gasteiger partial charge in [0.2, 0.25) is 0 Å². The van der Waals surface area contributed by atoms with Crippen LogP contribution in [0.15, 0.2) is 42.0 Å². The minimum Gasteiger partial charge on any atom is -0.380 e. The first-order valence-corrected chi connectivity index (χ1v) is 5.39. The highest BCUT2D eigenvalue weighted by molar-refractivity contribution is 5.85. The molecule has 0 fully saturated rings. The van der Waals surface area contributed by atoms with Gasteiger partial charge < -0.3 is 5.32 Å². The van der Waals surface area contributed by atoms with Crippen molar-refractivity contribution in [2.75, 3.05) is 6.54 Å². The first kappa shape index (κ1) is 8.78. The van der Waals surface area contributed by atoms with E-state index in [-0.39, 0.29) is 5.41 Å². The monoisotopic (exact) mass is 197 g/mol. The minimum atomic E-state index is 0.118. The fourth-order valence-electron chi connectivity index (χ4n) is 2.91. The summed E-state index contributed by atoms with van der Waals surface area (Å²) in [5.74, 6) is 0. The molecule has 15 heavy (non-hydrogen) atoms. The summed E-state index contributed by atoms with van der Waals surface area (Å²) in [6.07, 6.45) is 0. The van der Waals surface area contributed by atoms with Crippen molar-refractivity contribution in [1.29, 1.82) is 0 Å². The van der Waals surface area contributed by atoms with Crippen LogP contribution >= 0.6 is 0 Å². The molecule has 1 aromatic carbocycles. The summed E-state index contributed by atoms with van der Waals surface area (Å²) in [6.45, 7) is 9.63. The van der Waals surface area contributed by atoms with E-state index in [1.54, 1.807) is 0 Å². The molecule has 0 aromatic heterocycles. The third-order valence-corrected chi connectivity index (χ3v) is 3.58. The van der Waals surface area contributed by atoms with Crippen LogP contribution < -0.4 is 5.32 Å². The number of fused-ring (bicyclic) bond motifs is 2. The molecule has 0 saturated carbocycles. The Kier molecular flexibility index (Phi) is 1.49. The zero-order chi connectivity index (χ0) is 10.6. The van der Waals surface area contributed by atoms with Gasteiger partial charge in [-0.2, -0.15) is 0 Å². The first-order chi connectivity index (χ1) is 7.12. The molecule has 1 nitrogen and oxygen atoms in total. The van der Waals surface area contributed by atoms with Gasteiger partial charge >= 0.3 is 0 Å². The average Bonchev–Trinajstić information content (AvgIpc) is 2.69. The van der Waals surface area contributed by atoms with Crippen molar-refractivity contribution in [3.63, 3.8) is 0 Å². The van der Waals surface area contributed by atoms with E-state index >= 15 is 0 Å². The van der Waals surface area contributed by atoms with Crippen LogP contribution in [0.25, 0.3) is 5.70 Å². The van der Waals surface area contributed by atoms with E-state index in [9.17, 15) is 0 Å². The second-order valence-electron chi connectivity index (χ2n) is 4.88. The zero-order valence-electron chi connectivity index (χ0n) is 9.22. The third-order valence-electron chi connectivity index (χ3n) is 3.58. The Balaban J connectivity index is 2.32. The van der Waals surface area contributed by atoms with Gasteiger partial charge in [0, 0.05) is 23.2 Å². The lowest BCUT2D eigenvalue weighted by atomic mass is 9.79. The number of hydrogen-bond acceptors (Lipinski definition) is 1. The van der Waals surface area contributed by atoms with Crippen LogP contribution in [0.1, 0.15) is 25.0 Å². The number of nitrogens with one attached hydrogen (secondary N) is 1. The van der Waals surface area contributed by atoms with Crippen molar-refractivity contribution in [1.82, 2.24) is 5.32 Å². The van der Waals surface area contributed by atoms with Crippen molar-refractivity contribution in [3.05, 3.63) is 53.1 Å². The fraction of sp³-hybridized carbons (Fsp3) is 0.286. The fourth-order valence-corrected chi connectivity index (χ4v) is 2.91. The van der Waals surface area contributed by atoms with Crippen molar-refractivity contribution < 1.29 is 0 Å². The van der Waals surface area contributed by atoms with E-state index in [0.29, 0.717) is 0 Å². The molecule has 1 aliphatic carbocycles. The molecular weight excluding hydrogens is 182 g/mol. The average molecular weight is 197 g/mol. The molecule has 0 amide bonds. The molecule has 1 N–H and O–H groups in total. The summed E-state index contributed by atoms with van der Waals surface area (Å²) < 4.78 is 0. The van der Waals surface area contributed by atoms with Crippen molar-refractivity contribution in [2.24, 2.45) is 0 Å². The van der Waals surface area contributed by atoms with Crippen LogP contribution in [0.4, 0.5) is 0 Å². The summed E-state index contributed by atoms with van der Waals surface area (Å²) in [7, 11) is 0. The van der Waals surface area contributed by atoms with Crippen molar-refractivity contribution >= 4 is 5.70 Å². The van der Waals surface area contributed by atoms with Gasteiger partial charge in [-0.25, -0.2) is 0 Å². The molecule has 1 aromatic rings. The van der Waals surface area contributed by atoms with Gasteiger partial charge in [-0.1, -0.05) is 44.7 Å².